The standard InChI is InChI=1S/C15H23N3O3S3/c1-4-18(5-2)15(22)23-10-14(19)17-11(3)12-6-8-13(9-7-12)24(16,20)21/h6-9,11H,4-5,10H2,1-3H3,(H,17,19)(H2,16,20,21)/t11-/m1/s1. The van der Waals surface area contributed by atoms with Crippen LogP contribution in [-0.2, 0) is 14.8 Å². The molecule has 0 unspecified atom stereocenters. The molecule has 0 saturated carbocycles. The van der Waals surface area contributed by atoms with Crippen LogP contribution in [0, 0.1) is 0 Å². The van der Waals surface area contributed by atoms with Gasteiger partial charge in [-0.2, -0.15) is 0 Å². The van der Waals surface area contributed by atoms with E-state index >= 15 is 0 Å². The van der Waals surface area contributed by atoms with Gasteiger partial charge in [0, 0.05) is 13.1 Å². The molecule has 134 valence electrons. The van der Waals surface area contributed by atoms with E-state index in [4.69, 9.17) is 17.4 Å². The predicted octanol–water partition coefficient (Wildman–Crippen LogP) is 1.87. The Morgan fingerprint density at radius 1 is 1.29 bits per heavy atom. The maximum absolute atomic E-state index is 12.0. The zero-order valence-corrected chi connectivity index (χ0v) is 16.4. The summed E-state index contributed by atoms with van der Waals surface area (Å²) < 4.78 is 23.2. The summed E-state index contributed by atoms with van der Waals surface area (Å²) in [6, 6.07) is 5.89. The van der Waals surface area contributed by atoms with Crippen LogP contribution in [0.5, 0.6) is 0 Å². The first-order valence-electron chi connectivity index (χ1n) is 7.52. The number of sulfonamides is 1. The highest BCUT2D eigenvalue weighted by atomic mass is 32.2. The van der Waals surface area contributed by atoms with Crippen LogP contribution < -0.4 is 10.5 Å². The van der Waals surface area contributed by atoms with Crippen LogP contribution in [0.1, 0.15) is 32.4 Å². The molecule has 0 aromatic heterocycles. The van der Waals surface area contributed by atoms with Gasteiger partial charge in [-0.25, -0.2) is 13.6 Å². The van der Waals surface area contributed by atoms with Gasteiger partial charge in [0.15, 0.2) is 0 Å². The number of nitrogens with zero attached hydrogens (tertiary/aromatic N) is 1. The number of carbonyl (C=O) groups is 1. The molecule has 0 aliphatic heterocycles. The molecule has 1 rings (SSSR count). The third-order valence-corrected chi connectivity index (χ3v) is 5.89. The van der Waals surface area contributed by atoms with Gasteiger partial charge in [0.1, 0.15) is 4.32 Å². The monoisotopic (exact) mass is 389 g/mol. The molecule has 6 nitrogen and oxygen atoms in total. The highest BCUT2D eigenvalue weighted by Crippen LogP contribution is 2.16. The molecule has 3 N–H and O–H groups in total. The fourth-order valence-corrected chi connectivity index (χ4v) is 3.74. The van der Waals surface area contributed by atoms with E-state index in [1.54, 1.807) is 12.1 Å². The van der Waals surface area contributed by atoms with Crippen molar-refractivity contribution < 1.29 is 13.2 Å². The number of thioether (sulfide) groups is 1. The van der Waals surface area contributed by atoms with Crippen molar-refractivity contribution in [3.8, 4) is 0 Å². The van der Waals surface area contributed by atoms with Crippen LogP contribution in [0.15, 0.2) is 29.2 Å². The number of rotatable bonds is 7. The minimum absolute atomic E-state index is 0.0462. The lowest BCUT2D eigenvalue weighted by molar-refractivity contribution is -0.119. The second-order valence-electron chi connectivity index (χ2n) is 5.13. The molecule has 0 aliphatic carbocycles. The first kappa shape index (κ1) is 20.9. The Labute approximate surface area is 153 Å². The lowest BCUT2D eigenvalue weighted by Gasteiger charge is -2.21. The summed E-state index contributed by atoms with van der Waals surface area (Å²) in [5, 5.41) is 7.93. The van der Waals surface area contributed by atoms with E-state index in [1.165, 1.54) is 23.9 Å². The summed E-state index contributed by atoms with van der Waals surface area (Å²) in [7, 11) is -3.71. The maximum atomic E-state index is 12.0. The quantitative estimate of drug-likeness (QED) is 0.692. The van der Waals surface area contributed by atoms with Crippen LogP contribution in [-0.4, -0.2) is 42.4 Å². The van der Waals surface area contributed by atoms with Gasteiger partial charge in [0.05, 0.1) is 16.7 Å². The fraction of sp³-hybridized carbons (Fsp3) is 0.467. The number of nitrogens with one attached hydrogen (secondary N) is 1. The van der Waals surface area contributed by atoms with Crippen molar-refractivity contribution in [3.63, 3.8) is 0 Å². The Morgan fingerprint density at radius 3 is 2.29 bits per heavy atom. The van der Waals surface area contributed by atoms with E-state index in [0.29, 0.717) is 4.32 Å². The summed E-state index contributed by atoms with van der Waals surface area (Å²) in [6.45, 7) is 7.50. The molecule has 1 atom stereocenters. The van der Waals surface area contributed by atoms with Crippen molar-refractivity contribution in [2.75, 3.05) is 18.8 Å². The van der Waals surface area contributed by atoms with Crippen molar-refractivity contribution in [2.24, 2.45) is 5.14 Å². The number of primary sulfonamides is 1. The Hall–Kier alpha value is -1.16. The van der Waals surface area contributed by atoms with Crippen LogP contribution in [0.4, 0.5) is 0 Å². The molecule has 9 heteroatoms. The molecule has 24 heavy (non-hydrogen) atoms. The lowest BCUT2D eigenvalue weighted by atomic mass is 10.1. The molecule has 1 amide bonds. The van der Waals surface area contributed by atoms with Crippen LogP contribution in [0.25, 0.3) is 0 Å². The zero-order valence-electron chi connectivity index (χ0n) is 14.0. The number of nitrogens with two attached hydrogens (primary N) is 1. The Balaban J connectivity index is 2.56. The van der Waals surface area contributed by atoms with Gasteiger partial charge >= 0.3 is 0 Å². The van der Waals surface area contributed by atoms with Crippen LogP contribution in [0.3, 0.4) is 0 Å². The SMILES string of the molecule is CCN(CC)C(=S)SCC(=O)N[C@H](C)c1ccc(S(N)(=O)=O)cc1. The van der Waals surface area contributed by atoms with Gasteiger partial charge in [0.25, 0.3) is 0 Å². The number of benzene rings is 1. The molecule has 0 aliphatic rings. The lowest BCUT2D eigenvalue weighted by Crippen LogP contribution is -2.31. The minimum Gasteiger partial charge on any atom is -0.358 e. The molecule has 0 radical (unpaired) electrons. The summed E-state index contributed by atoms with van der Waals surface area (Å²) in [5.41, 5.74) is 0.798. The molecule has 0 saturated heterocycles. The van der Waals surface area contributed by atoms with E-state index in [0.717, 1.165) is 18.7 Å². The fourth-order valence-electron chi connectivity index (χ4n) is 2.01. The topological polar surface area (TPSA) is 92.5 Å². The number of hydrogen-bond acceptors (Lipinski definition) is 5. The first-order chi connectivity index (χ1) is 11.2. The van der Waals surface area contributed by atoms with Crippen molar-refractivity contribution >= 4 is 44.2 Å². The third-order valence-electron chi connectivity index (χ3n) is 3.43. The Kier molecular flexibility index (Phi) is 8.14. The van der Waals surface area contributed by atoms with Crippen molar-refractivity contribution in [1.29, 1.82) is 0 Å². The molecule has 0 bridgehead atoms. The van der Waals surface area contributed by atoms with Crippen molar-refractivity contribution in [3.05, 3.63) is 29.8 Å². The molecule has 0 fully saturated rings. The summed E-state index contributed by atoms with van der Waals surface area (Å²) >= 11 is 6.62. The van der Waals surface area contributed by atoms with Gasteiger partial charge in [-0.05, 0) is 38.5 Å². The van der Waals surface area contributed by atoms with Crippen molar-refractivity contribution in [1.82, 2.24) is 10.2 Å². The second kappa shape index (κ2) is 9.36. The molecular weight excluding hydrogens is 366 g/mol. The molecule has 0 heterocycles. The summed E-state index contributed by atoms with van der Waals surface area (Å²) in [6.07, 6.45) is 0. The zero-order chi connectivity index (χ0) is 18.3. The smallest absolute Gasteiger partial charge is 0.238 e. The van der Waals surface area contributed by atoms with E-state index < -0.39 is 10.0 Å². The average Bonchev–Trinajstić information content (AvgIpc) is 2.53. The van der Waals surface area contributed by atoms with Gasteiger partial charge in [-0.15, -0.1) is 0 Å². The van der Waals surface area contributed by atoms with Gasteiger partial charge < -0.3 is 10.2 Å². The summed E-state index contributed by atoms with van der Waals surface area (Å²) in [5.74, 6) is 0.118. The van der Waals surface area contributed by atoms with Crippen molar-refractivity contribution in [2.45, 2.75) is 31.7 Å². The molecular formula is C15H23N3O3S3. The maximum Gasteiger partial charge on any atom is 0.238 e. The number of amides is 1. The van der Waals surface area contributed by atoms with Crippen LogP contribution in [0.2, 0.25) is 0 Å². The second-order valence-corrected chi connectivity index (χ2v) is 8.30. The Bertz CT molecular complexity index is 671. The first-order valence-corrected chi connectivity index (χ1v) is 10.5. The molecule has 1 aromatic carbocycles. The average molecular weight is 390 g/mol. The molecule has 1 aromatic rings. The number of hydrogen-bond donors (Lipinski definition) is 2. The largest absolute Gasteiger partial charge is 0.358 e. The van der Waals surface area contributed by atoms with Gasteiger partial charge in [0.2, 0.25) is 15.9 Å². The predicted molar refractivity (Wildman–Crippen MR) is 102 cm³/mol. The van der Waals surface area contributed by atoms with E-state index in [-0.39, 0.29) is 22.6 Å². The summed E-state index contributed by atoms with van der Waals surface area (Å²) in [4.78, 5) is 14.1. The highest BCUT2D eigenvalue weighted by Gasteiger charge is 2.14. The highest BCUT2D eigenvalue weighted by molar-refractivity contribution is 8.23. The number of thiocarbonyl (C=S) groups is 1. The third kappa shape index (κ3) is 6.39. The van der Waals surface area contributed by atoms with Gasteiger partial charge in [-0.3, -0.25) is 4.79 Å². The molecule has 0 spiro atoms. The normalized spacial score (nSPS) is 12.5. The Morgan fingerprint density at radius 2 is 1.83 bits per heavy atom. The van der Waals surface area contributed by atoms with Gasteiger partial charge in [-0.1, -0.05) is 36.1 Å². The van der Waals surface area contributed by atoms with Crippen LogP contribution >= 0.6 is 24.0 Å². The van der Waals surface area contributed by atoms with E-state index in [9.17, 15) is 13.2 Å². The van der Waals surface area contributed by atoms with E-state index in [2.05, 4.69) is 5.32 Å². The minimum atomic E-state index is -3.71. The van der Waals surface area contributed by atoms with E-state index in [1.807, 2.05) is 25.7 Å². The number of carbonyl (C=O) groups excluding carboxylic acids is 1.